The maximum absolute atomic E-state index is 4.53. The van der Waals surface area contributed by atoms with Gasteiger partial charge in [0.05, 0.1) is 5.52 Å². The largest absolute Gasteiger partial charge is 0.256 e. The summed E-state index contributed by atoms with van der Waals surface area (Å²) in [4.78, 5) is 4.53. The van der Waals surface area contributed by atoms with E-state index in [0.717, 1.165) is 11.9 Å². The molecule has 0 N–H and O–H groups in total. The SMILES string of the molecule is CCc1ccc(-c2ccc3nccc(-c4ccccc4)c3c2)cc1. The third-order valence-electron chi connectivity index (χ3n) is 4.52. The molecule has 0 unspecified atom stereocenters. The molecule has 0 radical (unpaired) electrons. The molecular weight excluding hydrogens is 290 g/mol. The minimum absolute atomic E-state index is 1.03. The second-order valence-corrected chi connectivity index (χ2v) is 6.01. The van der Waals surface area contributed by atoms with Crippen molar-refractivity contribution in [2.24, 2.45) is 0 Å². The van der Waals surface area contributed by atoms with Crippen LogP contribution in [-0.4, -0.2) is 4.98 Å². The Morgan fingerprint density at radius 1 is 0.708 bits per heavy atom. The van der Waals surface area contributed by atoms with Gasteiger partial charge >= 0.3 is 0 Å². The average molecular weight is 309 g/mol. The fourth-order valence-corrected chi connectivity index (χ4v) is 3.13. The Kier molecular flexibility index (Phi) is 3.84. The Hall–Kier alpha value is -2.93. The lowest BCUT2D eigenvalue weighted by Crippen LogP contribution is -1.86. The minimum Gasteiger partial charge on any atom is -0.256 e. The van der Waals surface area contributed by atoms with Crippen molar-refractivity contribution in [3.63, 3.8) is 0 Å². The van der Waals surface area contributed by atoms with Gasteiger partial charge in [-0.3, -0.25) is 4.98 Å². The monoisotopic (exact) mass is 309 g/mol. The average Bonchev–Trinajstić information content (AvgIpc) is 2.68. The molecule has 0 aliphatic carbocycles. The molecule has 0 fully saturated rings. The van der Waals surface area contributed by atoms with Crippen LogP contribution in [0.4, 0.5) is 0 Å². The normalized spacial score (nSPS) is 10.9. The summed E-state index contributed by atoms with van der Waals surface area (Å²) >= 11 is 0. The van der Waals surface area contributed by atoms with Gasteiger partial charge in [0.1, 0.15) is 0 Å². The van der Waals surface area contributed by atoms with Gasteiger partial charge in [-0.15, -0.1) is 0 Å². The predicted octanol–water partition coefficient (Wildman–Crippen LogP) is 6.13. The second-order valence-electron chi connectivity index (χ2n) is 6.01. The first kappa shape index (κ1) is 14.6. The van der Waals surface area contributed by atoms with Crippen LogP contribution < -0.4 is 0 Å². The quantitative estimate of drug-likeness (QED) is 0.443. The fourth-order valence-electron chi connectivity index (χ4n) is 3.13. The summed E-state index contributed by atoms with van der Waals surface area (Å²) in [6.45, 7) is 2.18. The van der Waals surface area contributed by atoms with Crippen LogP contribution in [-0.2, 0) is 6.42 Å². The lowest BCUT2D eigenvalue weighted by molar-refractivity contribution is 1.14. The van der Waals surface area contributed by atoms with Crippen molar-refractivity contribution in [1.29, 1.82) is 0 Å². The molecule has 1 heteroatoms. The summed E-state index contributed by atoms with van der Waals surface area (Å²) in [5.74, 6) is 0. The highest BCUT2D eigenvalue weighted by molar-refractivity contribution is 5.96. The van der Waals surface area contributed by atoms with Gasteiger partial charge in [0, 0.05) is 11.6 Å². The molecule has 0 atom stereocenters. The van der Waals surface area contributed by atoms with Gasteiger partial charge in [-0.2, -0.15) is 0 Å². The molecule has 0 aliphatic heterocycles. The molecule has 0 aliphatic rings. The number of hydrogen-bond donors (Lipinski definition) is 0. The van der Waals surface area contributed by atoms with Crippen LogP contribution >= 0.6 is 0 Å². The summed E-state index contributed by atoms with van der Waals surface area (Å²) in [6.07, 6.45) is 2.96. The van der Waals surface area contributed by atoms with Crippen LogP contribution in [0.25, 0.3) is 33.2 Å². The number of fused-ring (bicyclic) bond motifs is 1. The van der Waals surface area contributed by atoms with Gasteiger partial charge in [-0.05, 0) is 52.4 Å². The molecule has 3 aromatic carbocycles. The van der Waals surface area contributed by atoms with E-state index >= 15 is 0 Å². The van der Waals surface area contributed by atoms with E-state index in [9.17, 15) is 0 Å². The summed E-state index contributed by atoms with van der Waals surface area (Å²) in [6, 6.07) is 28.0. The number of pyridine rings is 1. The molecule has 1 aromatic heterocycles. The van der Waals surface area contributed by atoms with Crippen LogP contribution in [0.1, 0.15) is 12.5 Å². The molecule has 0 bridgehead atoms. The van der Waals surface area contributed by atoms with Gasteiger partial charge in [0.2, 0.25) is 0 Å². The molecule has 0 spiro atoms. The number of hydrogen-bond acceptors (Lipinski definition) is 1. The molecule has 0 saturated heterocycles. The molecule has 116 valence electrons. The molecule has 0 amide bonds. The topological polar surface area (TPSA) is 12.9 Å². The van der Waals surface area contributed by atoms with Crippen molar-refractivity contribution in [1.82, 2.24) is 4.98 Å². The Bertz CT molecular complexity index is 970. The van der Waals surface area contributed by atoms with Crippen molar-refractivity contribution in [3.05, 3.63) is 90.6 Å². The summed E-state index contributed by atoms with van der Waals surface area (Å²) in [5.41, 5.74) is 7.33. The Morgan fingerprint density at radius 2 is 1.46 bits per heavy atom. The molecule has 4 rings (SSSR count). The van der Waals surface area contributed by atoms with E-state index in [4.69, 9.17) is 0 Å². The predicted molar refractivity (Wildman–Crippen MR) is 102 cm³/mol. The van der Waals surface area contributed by atoms with Gasteiger partial charge in [-0.1, -0.05) is 67.6 Å². The first-order valence-corrected chi connectivity index (χ1v) is 8.38. The van der Waals surface area contributed by atoms with Gasteiger partial charge < -0.3 is 0 Å². The molecule has 0 saturated carbocycles. The number of aromatic nitrogens is 1. The van der Waals surface area contributed by atoms with E-state index in [0.29, 0.717) is 0 Å². The number of benzene rings is 3. The lowest BCUT2D eigenvalue weighted by atomic mass is 9.97. The van der Waals surface area contributed by atoms with E-state index in [-0.39, 0.29) is 0 Å². The van der Waals surface area contributed by atoms with Crippen molar-refractivity contribution >= 4 is 10.9 Å². The molecule has 1 heterocycles. The maximum Gasteiger partial charge on any atom is 0.0708 e. The van der Waals surface area contributed by atoms with Crippen LogP contribution in [0.15, 0.2) is 85.1 Å². The zero-order valence-electron chi connectivity index (χ0n) is 13.7. The van der Waals surface area contributed by atoms with E-state index < -0.39 is 0 Å². The lowest BCUT2D eigenvalue weighted by Gasteiger charge is -2.09. The highest BCUT2D eigenvalue weighted by Gasteiger charge is 2.06. The summed E-state index contributed by atoms with van der Waals surface area (Å²) < 4.78 is 0. The van der Waals surface area contributed by atoms with Crippen molar-refractivity contribution < 1.29 is 0 Å². The molecule has 4 aromatic rings. The third kappa shape index (κ3) is 2.69. The van der Waals surface area contributed by atoms with Crippen LogP contribution in [0.3, 0.4) is 0 Å². The van der Waals surface area contributed by atoms with E-state index in [1.165, 1.54) is 33.2 Å². The Balaban J connectivity index is 1.87. The third-order valence-corrected chi connectivity index (χ3v) is 4.52. The van der Waals surface area contributed by atoms with Crippen molar-refractivity contribution in [2.45, 2.75) is 13.3 Å². The smallest absolute Gasteiger partial charge is 0.0708 e. The molecular formula is C23H19N. The second kappa shape index (κ2) is 6.29. The number of nitrogens with zero attached hydrogens (tertiary/aromatic N) is 1. The van der Waals surface area contributed by atoms with Gasteiger partial charge in [0.15, 0.2) is 0 Å². The van der Waals surface area contributed by atoms with E-state index in [1.807, 2.05) is 12.3 Å². The van der Waals surface area contributed by atoms with Crippen molar-refractivity contribution in [2.75, 3.05) is 0 Å². The van der Waals surface area contributed by atoms with Gasteiger partial charge in [0.25, 0.3) is 0 Å². The molecule has 24 heavy (non-hydrogen) atoms. The number of rotatable bonds is 3. The molecule has 1 nitrogen and oxygen atoms in total. The van der Waals surface area contributed by atoms with E-state index in [2.05, 4.69) is 84.7 Å². The Labute approximate surface area is 142 Å². The van der Waals surface area contributed by atoms with Crippen LogP contribution in [0.2, 0.25) is 0 Å². The van der Waals surface area contributed by atoms with E-state index in [1.54, 1.807) is 0 Å². The first-order chi connectivity index (χ1) is 11.8. The number of aryl methyl sites for hydroxylation is 1. The highest BCUT2D eigenvalue weighted by atomic mass is 14.6. The minimum atomic E-state index is 1.03. The summed E-state index contributed by atoms with van der Waals surface area (Å²) in [5, 5.41) is 1.20. The standard InChI is InChI=1S/C23H19N/c1-2-17-8-10-18(11-9-17)20-12-13-23-22(16-20)21(14-15-24-23)19-6-4-3-5-7-19/h3-16H,2H2,1H3. The fraction of sp³-hybridized carbons (Fsp3) is 0.0870. The highest BCUT2D eigenvalue weighted by Crippen LogP contribution is 2.31. The van der Waals surface area contributed by atoms with Gasteiger partial charge in [-0.25, -0.2) is 0 Å². The first-order valence-electron chi connectivity index (χ1n) is 8.38. The van der Waals surface area contributed by atoms with Crippen LogP contribution in [0, 0.1) is 0 Å². The summed E-state index contributed by atoms with van der Waals surface area (Å²) in [7, 11) is 0. The zero-order valence-corrected chi connectivity index (χ0v) is 13.7. The van der Waals surface area contributed by atoms with Crippen LogP contribution in [0.5, 0.6) is 0 Å². The maximum atomic E-state index is 4.53. The Morgan fingerprint density at radius 3 is 2.21 bits per heavy atom. The van der Waals surface area contributed by atoms with Crippen molar-refractivity contribution in [3.8, 4) is 22.3 Å². The zero-order chi connectivity index (χ0) is 16.4.